The van der Waals surface area contributed by atoms with Crippen LogP contribution in [0.15, 0.2) is 18.2 Å². The largest absolute Gasteiger partial charge is 0.496 e. The number of nitrogens with two attached hydrogens (primary N) is 1. The minimum atomic E-state index is -0.390. The number of methoxy groups -OCH3 is 1. The van der Waals surface area contributed by atoms with Crippen LogP contribution < -0.4 is 15.4 Å². The van der Waals surface area contributed by atoms with Crippen LogP contribution in [0.4, 0.5) is 11.4 Å². The third-order valence-electron chi connectivity index (χ3n) is 3.64. The zero-order valence-corrected chi connectivity index (χ0v) is 11.0. The van der Waals surface area contributed by atoms with Crippen molar-refractivity contribution < 1.29 is 9.66 Å². The van der Waals surface area contributed by atoms with E-state index in [1.54, 1.807) is 6.07 Å². The highest BCUT2D eigenvalue weighted by Gasteiger charge is 2.20. The summed E-state index contributed by atoms with van der Waals surface area (Å²) in [5.74, 6) is 1.09. The van der Waals surface area contributed by atoms with E-state index in [4.69, 9.17) is 10.5 Å². The third kappa shape index (κ3) is 3.14. The first-order valence-corrected chi connectivity index (χ1v) is 6.42. The van der Waals surface area contributed by atoms with Crippen molar-refractivity contribution in [3.05, 3.63) is 28.3 Å². The van der Waals surface area contributed by atoms with Crippen LogP contribution in [0.1, 0.15) is 12.8 Å². The molecule has 0 aromatic heterocycles. The first-order chi connectivity index (χ1) is 9.13. The lowest BCUT2D eigenvalue weighted by molar-refractivity contribution is -0.384. The van der Waals surface area contributed by atoms with Gasteiger partial charge in [-0.2, -0.15) is 0 Å². The monoisotopic (exact) mass is 265 g/mol. The summed E-state index contributed by atoms with van der Waals surface area (Å²) in [4.78, 5) is 12.7. The zero-order chi connectivity index (χ0) is 13.8. The number of hydrogen-bond acceptors (Lipinski definition) is 5. The van der Waals surface area contributed by atoms with Crippen LogP contribution in [0, 0.1) is 16.0 Å². The van der Waals surface area contributed by atoms with Gasteiger partial charge in [0.05, 0.1) is 18.1 Å². The number of anilines is 1. The summed E-state index contributed by atoms with van der Waals surface area (Å²) in [6.07, 6.45) is 2.06. The molecule has 0 bridgehead atoms. The molecule has 6 heteroatoms. The molecule has 0 aliphatic carbocycles. The van der Waals surface area contributed by atoms with Gasteiger partial charge in [0.15, 0.2) is 0 Å². The summed E-state index contributed by atoms with van der Waals surface area (Å²) in [5, 5.41) is 10.9. The van der Waals surface area contributed by atoms with E-state index in [0.29, 0.717) is 18.2 Å². The van der Waals surface area contributed by atoms with Gasteiger partial charge in [-0.1, -0.05) is 0 Å². The van der Waals surface area contributed by atoms with Gasteiger partial charge in [0.2, 0.25) is 0 Å². The molecule has 1 fully saturated rings. The Hall–Kier alpha value is -1.82. The SMILES string of the molecule is COc1cc(N2CCC(CN)CC2)cc([N+](=O)[O-])c1. The van der Waals surface area contributed by atoms with Gasteiger partial charge < -0.3 is 15.4 Å². The molecule has 2 rings (SSSR count). The van der Waals surface area contributed by atoms with Crippen molar-refractivity contribution in [2.24, 2.45) is 11.7 Å². The molecule has 0 saturated carbocycles. The van der Waals surface area contributed by atoms with Crippen LogP contribution in [-0.2, 0) is 0 Å². The fourth-order valence-corrected chi connectivity index (χ4v) is 2.40. The van der Waals surface area contributed by atoms with Crippen LogP contribution in [0.3, 0.4) is 0 Å². The van der Waals surface area contributed by atoms with Gasteiger partial charge >= 0.3 is 0 Å². The summed E-state index contributed by atoms with van der Waals surface area (Å²) >= 11 is 0. The number of nitro groups is 1. The molecule has 104 valence electrons. The highest BCUT2D eigenvalue weighted by atomic mass is 16.6. The molecule has 0 spiro atoms. The molecule has 1 saturated heterocycles. The molecule has 1 aliphatic rings. The number of non-ortho nitro benzene ring substituents is 1. The Morgan fingerprint density at radius 1 is 1.42 bits per heavy atom. The maximum Gasteiger partial charge on any atom is 0.275 e. The number of piperidine rings is 1. The number of benzene rings is 1. The second kappa shape index (κ2) is 5.88. The number of rotatable bonds is 4. The average Bonchev–Trinajstić information content (AvgIpc) is 2.46. The smallest absolute Gasteiger partial charge is 0.275 e. The van der Waals surface area contributed by atoms with E-state index in [0.717, 1.165) is 31.6 Å². The van der Waals surface area contributed by atoms with Crippen molar-refractivity contribution in [2.45, 2.75) is 12.8 Å². The summed E-state index contributed by atoms with van der Waals surface area (Å²) in [5.41, 5.74) is 6.58. The molecule has 1 heterocycles. The van der Waals surface area contributed by atoms with Crippen molar-refractivity contribution in [1.82, 2.24) is 0 Å². The first-order valence-electron chi connectivity index (χ1n) is 6.42. The van der Waals surface area contributed by atoms with Gasteiger partial charge in [-0.25, -0.2) is 0 Å². The van der Waals surface area contributed by atoms with Gasteiger partial charge in [-0.05, 0) is 25.3 Å². The van der Waals surface area contributed by atoms with E-state index >= 15 is 0 Å². The summed E-state index contributed by atoms with van der Waals surface area (Å²) in [7, 11) is 1.52. The molecule has 2 N–H and O–H groups in total. The summed E-state index contributed by atoms with van der Waals surface area (Å²) in [6.45, 7) is 2.48. The van der Waals surface area contributed by atoms with Gasteiger partial charge in [0, 0.05) is 30.9 Å². The number of ether oxygens (including phenoxy) is 1. The quantitative estimate of drug-likeness (QED) is 0.663. The fourth-order valence-electron chi connectivity index (χ4n) is 2.40. The average molecular weight is 265 g/mol. The summed E-state index contributed by atoms with van der Waals surface area (Å²) < 4.78 is 5.13. The van der Waals surface area contributed by atoms with Gasteiger partial charge in [-0.3, -0.25) is 10.1 Å². The second-order valence-electron chi connectivity index (χ2n) is 4.81. The lowest BCUT2D eigenvalue weighted by Crippen LogP contribution is -2.36. The highest BCUT2D eigenvalue weighted by Crippen LogP contribution is 2.30. The van der Waals surface area contributed by atoms with Crippen LogP contribution >= 0.6 is 0 Å². The molecule has 0 unspecified atom stereocenters. The Morgan fingerprint density at radius 3 is 2.63 bits per heavy atom. The predicted molar refractivity (Wildman–Crippen MR) is 73.6 cm³/mol. The van der Waals surface area contributed by atoms with Gasteiger partial charge in [0.25, 0.3) is 5.69 Å². The molecule has 19 heavy (non-hydrogen) atoms. The Balaban J connectivity index is 2.20. The highest BCUT2D eigenvalue weighted by molar-refractivity contribution is 5.58. The Morgan fingerprint density at radius 2 is 2.11 bits per heavy atom. The van der Waals surface area contributed by atoms with Crippen molar-refractivity contribution in [2.75, 3.05) is 31.6 Å². The number of hydrogen-bond donors (Lipinski definition) is 1. The molecule has 0 amide bonds. The van der Waals surface area contributed by atoms with E-state index in [1.165, 1.54) is 13.2 Å². The molecule has 0 atom stereocenters. The van der Waals surface area contributed by atoms with Gasteiger partial charge in [-0.15, -0.1) is 0 Å². The predicted octanol–water partition coefficient (Wildman–Crippen LogP) is 1.78. The molecular formula is C13H19N3O3. The van der Waals surface area contributed by atoms with Crippen LogP contribution in [0.25, 0.3) is 0 Å². The van der Waals surface area contributed by atoms with Crippen LogP contribution in [0.2, 0.25) is 0 Å². The van der Waals surface area contributed by atoms with Crippen molar-refractivity contribution in [3.63, 3.8) is 0 Å². The second-order valence-corrected chi connectivity index (χ2v) is 4.81. The standard InChI is InChI=1S/C13H19N3O3/c1-19-13-7-11(6-12(8-13)16(17)18)15-4-2-10(9-14)3-5-15/h6-8,10H,2-5,9,14H2,1H3. The van der Waals surface area contributed by atoms with Crippen molar-refractivity contribution >= 4 is 11.4 Å². The number of nitrogens with zero attached hydrogens (tertiary/aromatic N) is 2. The minimum Gasteiger partial charge on any atom is -0.496 e. The molecule has 1 aromatic rings. The molecule has 1 aliphatic heterocycles. The molecule has 6 nitrogen and oxygen atoms in total. The van der Waals surface area contributed by atoms with Crippen LogP contribution in [-0.4, -0.2) is 31.7 Å². The van der Waals surface area contributed by atoms with E-state index in [9.17, 15) is 10.1 Å². The topological polar surface area (TPSA) is 81.6 Å². The van der Waals surface area contributed by atoms with Crippen molar-refractivity contribution in [3.8, 4) is 5.75 Å². The lowest BCUT2D eigenvalue weighted by atomic mass is 9.97. The van der Waals surface area contributed by atoms with E-state index in [2.05, 4.69) is 4.90 Å². The first kappa shape index (κ1) is 13.6. The molecule has 1 aromatic carbocycles. The maximum atomic E-state index is 10.9. The molecular weight excluding hydrogens is 246 g/mol. The molecule has 0 radical (unpaired) electrons. The van der Waals surface area contributed by atoms with E-state index in [1.807, 2.05) is 6.07 Å². The van der Waals surface area contributed by atoms with Crippen molar-refractivity contribution in [1.29, 1.82) is 0 Å². The summed E-state index contributed by atoms with van der Waals surface area (Å²) in [6, 6.07) is 4.89. The normalized spacial score (nSPS) is 16.4. The third-order valence-corrected chi connectivity index (χ3v) is 3.64. The Kier molecular flexibility index (Phi) is 4.21. The van der Waals surface area contributed by atoms with E-state index < -0.39 is 4.92 Å². The number of nitro benzene ring substituents is 1. The fraction of sp³-hybridized carbons (Fsp3) is 0.538. The lowest BCUT2D eigenvalue weighted by Gasteiger charge is -2.33. The minimum absolute atomic E-state index is 0.0651. The van der Waals surface area contributed by atoms with Crippen LogP contribution in [0.5, 0.6) is 5.75 Å². The Bertz CT molecular complexity index is 456. The maximum absolute atomic E-state index is 10.9. The Labute approximate surface area is 112 Å². The van der Waals surface area contributed by atoms with E-state index in [-0.39, 0.29) is 5.69 Å². The zero-order valence-electron chi connectivity index (χ0n) is 11.0. The van der Waals surface area contributed by atoms with Gasteiger partial charge in [0.1, 0.15) is 5.75 Å².